The standard InChI is InChI=1S/C28H33N5/c1-22(31-18-19-33(2)21-23-10-5-3-6-11-23)25-14-9-15-26(20-25)32-28(30)17-16-27(29)24-12-7-4-8-13-24/h3-17,20,31-32H,1,18-19,21,29-30H2,2H3/b27-16-,28-17+. The summed E-state index contributed by atoms with van der Waals surface area (Å²) in [5.74, 6) is 0.507. The molecule has 33 heavy (non-hydrogen) atoms. The fourth-order valence-electron chi connectivity index (χ4n) is 3.37. The van der Waals surface area contributed by atoms with E-state index in [0.29, 0.717) is 11.5 Å². The SMILES string of the molecule is C=C(NCCN(C)Cc1ccccc1)c1cccc(N/C(N)=C/C=C(\N)c2ccccc2)c1. The lowest BCUT2D eigenvalue weighted by atomic mass is 10.1. The molecule has 0 aliphatic heterocycles. The normalized spacial score (nSPS) is 11.9. The summed E-state index contributed by atoms with van der Waals surface area (Å²) in [5, 5.41) is 6.63. The van der Waals surface area contributed by atoms with E-state index in [1.54, 1.807) is 12.2 Å². The summed E-state index contributed by atoms with van der Waals surface area (Å²) < 4.78 is 0. The third-order valence-corrected chi connectivity index (χ3v) is 5.18. The number of anilines is 1. The van der Waals surface area contributed by atoms with Gasteiger partial charge in [0.05, 0.1) is 0 Å². The zero-order chi connectivity index (χ0) is 23.5. The van der Waals surface area contributed by atoms with Gasteiger partial charge in [0.25, 0.3) is 0 Å². The molecule has 3 aromatic carbocycles. The zero-order valence-electron chi connectivity index (χ0n) is 19.2. The first kappa shape index (κ1) is 23.7. The Kier molecular flexibility index (Phi) is 8.74. The molecule has 0 bridgehead atoms. The second-order valence-corrected chi connectivity index (χ2v) is 7.94. The van der Waals surface area contributed by atoms with Crippen molar-refractivity contribution in [2.24, 2.45) is 11.5 Å². The van der Waals surface area contributed by atoms with Crippen molar-refractivity contribution >= 4 is 17.1 Å². The lowest BCUT2D eigenvalue weighted by Gasteiger charge is -2.18. The van der Waals surface area contributed by atoms with Gasteiger partial charge >= 0.3 is 0 Å². The van der Waals surface area contributed by atoms with E-state index in [0.717, 1.165) is 42.1 Å². The van der Waals surface area contributed by atoms with Gasteiger partial charge in [0.2, 0.25) is 0 Å². The summed E-state index contributed by atoms with van der Waals surface area (Å²) in [5.41, 5.74) is 18.0. The van der Waals surface area contributed by atoms with Crippen LogP contribution in [-0.2, 0) is 6.54 Å². The third kappa shape index (κ3) is 7.91. The molecule has 0 saturated carbocycles. The molecule has 0 heterocycles. The molecule has 0 aliphatic rings. The second kappa shape index (κ2) is 12.2. The van der Waals surface area contributed by atoms with Crippen LogP contribution in [0.15, 0.2) is 109 Å². The summed E-state index contributed by atoms with van der Waals surface area (Å²) in [4.78, 5) is 2.29. The van der Waals surface area contributed by atoms with Gasteiger partial charge in [-0.05, 0) is 48.0 Å². The summed E-state index contributed by atoms with van der Waals surface area (Å²) in [6.45, 7) is 6.83. The fraction of sp³-hybridized carbons (Fsp3) is 0.143. The van der Waals surface area contributed by atoms with E-state index >= 15 is 0 Å². The zero-order valence-corrected chi connectivity index (χ0v) is 19.2. The molecule has 0 amide bonds. The minimum Gasteiger partial charge on any atom is -0.398 e. The molecule has 0 saturated heterocycles. The molecule has 0 aromatic heterocycles. The van der Waals surface area contributed by atoms with Crippen LogP contribution >= 0.6 is 0 Å². The van der Waals surface area contributed by atoms with Crippen molar-refractivity contribution < 1.29 is 0 Å². The van der Waals surface area contributed by atoms with Crippen molar-refractivity contribution in [3.05, 3.63) is 126 Å². The fourth-order valence-corrected chi connectivity index (χ4v) is 3.37. The Labute approximate surface area is 197 Å². The van der Waals surface area contributed by atoms with Crippen LogP contribution in [0.5, 0.6) is 0 Å². The number of rotatable bonds is 11. The molecule has 0 radical (unpaired) electrons. The van der Waals surface area contributed by atoms with Crippen LogP contribution in [0.3, 0.4) is 0 Å². The van der Waals surface area contributed by atoms with E-state index < -0.39 is 0 Å². The van der Waals surface area contributed by atoms with Gasteiger partial charge in [-0.3, -0.25) is 0 Å². The summed E-state index contributed by atoms with van der Waals surface area (Å²) in [7, 11) is 2.12. The first-order valence-corrected chi connectivity index (χ1v) is 11.0. The number of likely N-dealkylation sites (N-methyl/N-ethyl adjacent to an activating group) is 1. The van der Waals surface area contributed by atoms with Gasteiger partial charge in [-0.25, -0.2) is 0 Å². The van der Waals surface area contributed by atoms with Crippen LogP contribution in [0.2, 0.25) is 0 Å². The van der Waals surface area contributed by atoms with E-state index in [1.807, 2.05) is 60.7 Å². The van der Waals surface area contributed by atoms with Crippen molar-refractivity contribution in [3.63, 3.8) is 0 Å². The maximum atomic E-state index is 6.14. The lowest BCUT2D eigenvalue weighted by Crippen LogP contribution is -2.28. The Bertz CT molecular complexity index is 1090. The van der Waals surface area contributed by atoms with Crippen LogP contribution in [-0.4, -0.2) is 25.0 Å². The molecule has 6 N–H and O–H groups in total. The van der Waals surface area contributed by atoms with E-state index in [2.05, 4.69) is 53.4 Å². The van der Waals surface area contributed by atoms with Gasteiger partial charge in [0.1, 0.15) is 5.82 Å². The first-order chi connectivity index (χ1) is 16.0. The summed E-state index contributed by atoms with van der Waals surface area (Å²) >= 11 is 0. The average molecular weight is 440 g/mol. The van der Waals surface area contributed by atoms with Crippen LogP contribution < -0.4 is 22.1 Å². The highest BCUT2D eigenvalue weighted by Gasteiger charge is 2.03. The molecule has 0 unspecified atom stereocenters. The maximum absolute atomic E-state index is 6.14. The van der Waals surface area contributed by atoms with Crippen molar-refractivity contribution in [2.75, 3.05) is 25.5 Å². The van der Waals surface area contributed by atoms with E-state index in [9.17, 15) is 0 Å². The van der Waals surface area contributed by atoms with Gasteiger partial charge in [0, 0.05) is 36.7 Å². The predicted molar refractivity (Wildman–Crippen MR) is 141 cm³/mol. The minimum atomic E-state index is 0.507. The number of allylic oxidation sites excluding steroid dienone is 2. The van der Waals surface area contributed by atoms with E-state index in [1.165, 1.54) is 5.56 Å². The topological polar surface area (TPSA) is 79.3 Å². The summed E-state index contributed by atoms with van der Waals surface area (Å²) in [6, 6.07) is 28.3. The lowest BCUT2D eigenvalue weighted by molar-refractivity contribution is 0.331. The third-order valence-electron chi connectivity index (χ3n) is 5.18. The highest BCUT2D eigenvalue weighted by Crippen LogP contribution is 2.17. The number of nitrogens with two attached hydrogens (primary N) is 2. The van der Waals surface area contributed by atoms with Gasteiger partial charge < -0.3 is 27.0 Å². The average Bonchev–Trinajstić information content (AvgIpc) is 2.84. The molecule has 0 spiro atoms. The molecule has 3 aromatic rings. The molecule has 0 fully saturated rings. The van der Waals surface area contributed by atoms with Crippen molar-refractivity contribution in [2.45, 2.75) is 6.54 Å². The number of hydrogen-bond acceptors (Lipinski definition) is 5. The molecular weight excluding hydrogens is 406 g/mol. The molecular formula is C28H33N5. The molecule has 0 aliphatic carbocycles. The number of hydrogen-bond donors (Lipinski definition) is 4. The smallest absolute Gasteiger partial charge is 0.101 e. The van der Waals surface area contributed by atoms with Crippen LogP contribution in [0.25, 0.3) is 11.4 Å². The highest BCUT2D eigenvalue weighted by molar-refractivity contribution is 5.67. The van der Waals surface area contributed by atoms with Gasteiger partial charge in [-0.2, -0.15) is 0 Å². The predicted octanol–water partition coefficient (Wildman–Crippen LogP) is 4.59. The van der Waals surface area contributed by atoms with E-state index in [4.69, 9.17) is 11.5 Å². The number of benzene rings is 3. The highest BCUT2D eigenvalue weighted by atomic mass is 15.1. The maximum Gasteiger partial charge on any atom is 0.101 e. The summed E-state index contributed by atoms with van der Waals surface area (Å²) in [6.07, 6.45) is 3.57. The molecule has 3 rings (SSSR count). The Morgan fingerprint density at radius 1 is 0.879 bits per heavy atom. The van der Waals surface area contributed by atoms with Crippen molar-refractivity contribution in [1.82, 2.24) is 10.2 Å². The van der Waals surface area contributed by atoms with Gasteiger partial charge in [0.15, 0.2) is 0 Å². The Morgan fingerprint density at radius 3 is 2.27 bits per heavy atom. The quantitative estimate of drug-likeness (QED) is 0.329. The number of nitrogens with one attached hydrogen (secondary N) is 2. The Hall–Kier alpha value is -3.96. The largest absolute Gasteiger partial charge is 0.398 e. The minimum absolute atomic E-state index is 0.507. The molecule has 0 atom stereocenters. The van der Waals surface area contributed by atoms with Crippen LogP contribution in [0.1, 0.15) is 16.7 Å². The molecule has 5 heteroatoms. The molecule has 5 nitrogen and oxygen atoms in total. The number of nitrogens with zero attached hydrogens (tertiary/aromatic N) is 1. The molecule has 170 valence electrons. The van der Waals surface area contributed by atoms with Crippen LogP contribution in [0, 0.1) is 0 Å². The van der Waals surface area contributed by atoms with Gasteiger partial charge in [-0.15, -0.1) is 0 Å². The van der Waals surface area contributed by atoms with Crippen molar-refractivity contribution in [3.8, 4) is 0 Å². The van der Waals surface area contributed by atoms with Crippen LogP contribution in [0.4, 0.5) is 5.69 Å². The van der Waals surface area contributed by atoms with Gasteiger partial charge in [-0.1, -0.05) is 79.4 Å². The second-order valence-electron chi connectivity index (χ2n) is 7.94. The van der Waals surface area contributed by atoms with Crippen molar-refractivity contribution in [1.29, 1.82) is 0 Å². The van der Waals surface area contributed by atoms with E-state index in [-0.39, 0.29) is 0 Å². The first-order valence-electron chi connectivity index (χ1n) is 11.0. The monoisotopic (exact) mass is 439 g/mol. The Balaban J connectivity index is 1.50. The Morgan fingerprint density at radius 2 is 1.55 bits per heavy atom.